The first-order valence-electron chi connectivity index (χ1n) is 22.6. The number of hydrogen-bond donors (Lipinski definition) is 0. The Balaban J connectivity index is 0.928. The molecule has 4 aliphatic carbocycles. The quantitative estimate of drug-likeness (QED) is 0.178. The summed E-state index contributed by atoms with van der Waals surface area (Å²) in [7, 11) is 0. The molecule has 3 nitrogen and oxygen atoms in total. The van der Waals surface area contributed by atoms with Gasteiger partial charge in [-0.3, -0.25) is 0 Å². The molecule has 4 aliphatic rings. The zero-order chi connectivity index (χ0) is 40.1. The highest BCUT2D eigenvalue weighted by Crippen LogP contribution is 2.63. The average molecular weight is 787 g/mol. The van der Waals surface area contributed by atoms with E-state index in [2.05, 4.69) is 121 Å². The molecule has 13 rings (SSSR count). The van der Waals surface area contributed by atoms with Gasteiger partial charge in [0.05, 0.1) is 0 Å². The summed E-state index contributed by atoms with van der Waals surface area (Å²) < 4.78 is 6.46. The number of rotatable bonds is 4. The van der Waals surface area contributed by atoms with Gasteiger partial charge in [-0.2, -0.15) is 0 Å². The van der Waals surface area contributed by atoms with E-state index in [9.17, 15) is 0 Å². The van der Waals surface area contributed by atoms with Crippen molar-refractivity contribution in [3.05, 3.63) is 180 Å². The van der Waals surface area contributed by atoms with Crippen molar-refractivity contribution in [2.45, 2.75) is 75.0 Å². The van der Waals surface area contributed by atoms with Crippen molar-refractivity contribution in [2.75, 3.05) is 0 Å². The van der Waals surface area contributed by atoms with Gasteiger partial charge in [0.1, 0.15) is 16.8 Å². The van der Waals surface area contributed by atoms with E-state index >= 15 is 0 Å². The molecule has 2 spiro atoms. The van der Waals surface area contributed by atoms with Crippen LogP contribution in [0, 0.1) is 0 Å². The van der Waals surface area contributed by atoms with Gasteiger partial charge in [0.2, 0.25) is 0 Å². The molecule has 0 amide bonds. The summed E-state index contributed by atoms with van der Waals surface area (Å²) in [5, 5.41) is 0.999. The largest absolute Gasteiger partial charge is 0.452 e. The Bertz CT molecular complexity index is 3200. The second kappa shape index (κ2) is 13.5. The Morgan fingerprint density at radius 3 is 1.82 bits per heavy atom. The lowest BCUT2D eigenvalue weighted by atomic mass is 9.66. The van der Waals surface area contributed by atoms with Crippen LogP contribution in [0.25, 0.3) is 89.2 Å². The average Bonchev–Trinajstić information content (AvgIpc) is 3.93. The number of fused-ring (bicyclic) bond motifs is 13. The zero-order valence-corrected chi connectivity index (χ0v) is 34.4. The summed E-state index contributed by atoms with van der Waals surface area (Å²) >= 11 is 0. The van der Waals surface area contributed by atoms with Gasteiger partial charge in [-0.1, -0.05) is 166 Å². The van der Waals surface area contributed by atoms with Crippen LogP contribution >= 0.6 is 0 Å². The first kappa shape index (κ1) is 35.2. The van der Waals surface area contributed by atoms with Gasteiger partial charge in [-0.15, -0.1) is 0 Å². The minimum atomic E-state index is 0.0747. The third kappa shape index (κ3) is 5.16. The van der Waals surface area contributed by atoms with Crippen LogP contribution in [0.3, 0.4) is 0 Å². The van der Waals surface area contributed by atoms with Crippen molar-refractivity contribution in [1.82, 2.24) is 9.97 Å². The van der Waals surface area contributed by atoms with Crippen LogP contribution in [0.2, 0.25) is 0 Å². The van der Waals surface area contributed by atoms with Crippen LogP contribution < -0.4 is 0 Å². The Kier molecular flexibility index (Phi) is 7.77. The molecule has 61 heavy (non-hydrogen) atoms. The number of hydrogen-bond acceptors (Lipinski definition) is 3. The van der Waals surface area contributed by atoms with Gasteiger partial charge in [-0.25, -0.2) is 9.97 Å². The van der Waals surface area contributed by atoms with Crippen molar-refractivity contribution in [3.8, 4) is 67.2 Å². The summed E-state index contributed by atoms with van der Waals surface area (Å²) in [6, 6.07) is 58.5. The molecule has 0 bridgehead atoms. The molecule has 2 saturated carbocycles. The third-order valence-corrected chi connectivity index (χ3v) is 15.1. The fourth-order valence-electron chi connectivity index (χ4n) is 12.3. The predicted octanol–water partition coefficient (Wildman–Crippen LogP) is 15.5. The van der Waals surface area contributed by atoms with Gasteiger partial charge >= 0.3 is 0 Å². The Labute approximate surface area is 357 Å². The SMILES string of the molecule is c1ccc(-c2nc(-c3ccc(-c4cccc(-c5cccc6c5-c5cc7c(cc5C65CCCCC5)-c5ccccc5C75CCCCC5)c4)cc3)c3oc4ccccc4c3n2)cc1. The van der Waals surface area contributed by atoms with E-state index in [0.29, 0.717) is 11.4 Å². The highest BCUT2D eigenvalue weighted by molar-refractivity contribution is 6.07. The molecular weight excluding hydrogens is 741 g/mol. The van der Waals surface area contributed by atoms with Crippen molar-refractivity contribution < 1.29 is 4.42 Å². The minimum Gasteiger partial charge on any atom is -0.452 e. The van der Waals surface area contributed by atoms with Gasteiger partial charge in [-0.05, 0) is 123 Å². The molecule has 0 N–H and O–H groups in total. The smallest absolute Gasteiger partial charge is 0.180 e. The summed E-state index contributed by atoms with van der Waals surface area (Å²) in [6.07, 6.45) is 12.8. The lowest BCUT2D eigenvalue weighted by molar-refractivity contribution is 0.350. The molecule has 7 aromatic carbocycles. The second-order valence-electron chi connectivity index (χ2n) is 18.2. The van der Waals surface area contributed by atoms with Gasteiger partial charge in [0.15, 0.2) is 11.4 Å². The molecule has 2 aromatic heterocycles. The summed E-state index contributed by atoms with van der Waals surface area (Å²) in [6.45, 7) is 0. The van der Waals surface area contributed by atoms with Crippen LogP contribution in [0.4, 0.5) is 0 Å². The number of aromatic nitrogens is 2. The predicted molar refractivity (Wildman–Crippen MR) is 250 cm³/mol. The number of benzene rings is 7. The van der Waals surface area contributed by atoms with E-state index in [0.717, 1.165) is 33.3 Å². The lowest BCUT2D eigenvalue weighted by Gasteiger charge is -2.37. The molecule has 0 saturated heterocycles. The molecule has 3 heteroatoms. The van der Waals surface area contributed by atoms with E-state index in [1.807, 2.05) is 36.4 Å². The maximum absolute atomic E-state index is 6.46. The summed E-state index contributed by atoms with van der Waals surface area (Å²) in [5.74, 6) is 0.696. The maximum Gasteiger partial charge on any atom is 0.180 e. The van der Waals surface area contributed by atoms with E-state index in [-0.39, 0.29) is 10.8 Å². The first-order chi connectivity index (χ1) is 30.2. The topological polar surface area (TPSA) is 38.9 Å². The molecule has 9 aromatic rings. The van der Waals surface area contributed by atoms with E-state index in [1.165, 1.54) is 109 Å². The highest BCUT2D eigenvalue weighted by Gasteiger charge is 2.49. The molecule has 2 heterocycles. The monoisotopic (exact) mass is 786 g/mol. The Morgan fingerprint density at radius 2 is 1.00 bits per heavy atom. The number of nitrogens with zero attached hydrogens (tertiary/aromatic N) is 2. The van der Waals surface area contributed by atoms with E-state index in [4.69, 9.17) is 14.4 Å². The van der Waals surface area contributed by atoms with Crippen LogP contribution in [-0.4, -0.2) is 9.97 Å². The molecule has 2 fully saturated rings. The Hall–Kier alpha value is -6.58. The van der Waals surface area contributed by atoms with Crippen molar-refractivity contribution in [1.29, 1.82) is 0 Å². The molecular formula is C58H46N2O. The minimum absolute atomic E-state index is 0.0747. The molecule has 294 valence electrons. The van der Waals surface area contributed by atoms with Crippen LogP contribution in [0.5, 0.6) is 0 Å². The number of para-hydroxylation sites is 1. The van der Waals surface area contributed by atoms with E-state index < -0.39 is 0 Å². The maximum atomic E-state index is 6.46. The standard InChI is InChI=1S/C58H46N2O/c1-4-16-39(17-5-1)56-59-53(55-54(60-56)44-21-7-9-25-51(44)61-55)38-28-26-37(27-29-38)40-18-14-19-41(34-40)42-22-15-24-48-52(42)46-36-49-45(35-50(46)58(48)32-12-3-13-33-58)43-20-6-8-23-47(43)57(49)30-10-2-11-31-57/h1,4-9,14-29,34-36H,2-3,10-13,30-33H2. The first-order valence-corrected chi connectivity index (χ1v) is 22.6. The lowest BCUT2D eigenvalue weighted by Crippen LogP contribution is -2.29. The van der Waals surface area contributed by atoms with Crippen LogP contribution in [0.1, 0.15) is 86.5 Å². The van der Waals surface area contributed by atoms with E-state index in [1.54, 1.807) is 22.3 Å². The molecule has 0 aliphatic heterocycles. The van der Waals surface area contributed by atoms with Gasteiger partial charge < -0.3 is 4.42 Å². The fraction of sp³-hybridized carbons (Fsp3) is 0.207. The molecule has 0 atom stereocenters. The second-order valence-corrected chi connectivity index (χ2v) is 18.2. The zero-order valence-electron chi connectivity index (χ0n) is 34.4. The molecule has 0 unspecified atom stereocenters. The summed E-state index contributed by atoms with van der Waals surface area (Å²) in [4.78, 5) is 10.2. The van der Waals surface area contributed by atoms with Gasteiger partial charge in [0.25, 0.3) is 0 Å². The van der Waals surface area contributed by atoms with Gasteiger partial charge in [0, 0.05) is 27.3 Å². The normalized spacial score (nSPS) is 16.8. The Morgan fingerprint density at radius 1 is 0.393 bits per heavy atom. The van der Waals surface area contributed by atoms with Crippen molar-refractivity contribution >= 4 is 22.1 Å². The van der Waals surface area contributed by atoms with Crippen molar-refractivity contribution in [2.24, 2.45) is 0 Å². The highest BCUT2D eigenvalue weighted by atomic mass is 16.3. The molecule has 0 radical (unpaired) electrons. The summed E-state index contributed by atoms with van der Waals surface area (Å²) in [5.41, 5.74) is 22.7. The van der Waals surface area contributed by atoms with Crippen molar-refractivity contribution in [3.63, 3.8) is 0 Å². The van der Waals surface area contributed by atoms with Crippen LogP contribution in [0.15, 0.2) is 162 Å². The van der Waals surface area contributed by atoms with Crippen LogP contribution in [-0.2, 0) is 10.8 Å². The fourth-order valence-corrected chi connectivity index (χ4v) is 12.3. The third-order valence-electron chi connectivity index (χ3n) is 15.1. The number of furan rings is 1.